The zero-order valence-corrected chi connectivity index (χ0v) is 30.3. The number of ketones is 6. The van der Waals surface area contributed by atoms with Crippen LogP contribution in [0.1, 0.15) is 62.1 Å². The fourth-order valence-corrected chi connectivity index (χ4v) is 4.47. The summed E-state index contributed by atoms with van der Waals surface area (Å²) in [6.07, 6.45) is 3.39. The predicted molar refractivity (Wildman–Crippen MR) is 198 cm³/mol. The van der Waals surface area contributed by atoms with Gasteiger partial charge in [-0.25, -0.2) is 0 Å². The second-order valence-electron chi connectivity index (χ2n) is 10.8. The van der Waals surface area contributed by atoms with Crippen molar-refractivity contribution in [1.82, 2.24) is 0 Å². The van der Waals surface area contributed by atoms with Gasteiger partial charge in [0.15, 0.2) is 0 Å². The van der Waals surface area contributed by atoms with Gasteiger partial charge < -0.3 is 28.8 Å². The van der Waals surface area contributed by atoms with Crippen molar-refractivity contribution in [3.05, 3.63) is 235 Å². The first-order valence-electron chi connectivity index (χ1n) is 15.9. The Labute approximate surface area is 344 Å². The van der Waals surface area contributed by atoms with E-state index in [4.69, 9.17) is 0 Å². The molecule has 0 bridgehead atoms. The minimum atomic E-state index is -0.264. The maximum Gasteiger partial charge on any atom is 3.00 e. The minimum absolute atomic E-state index is 0. The molecule has 6 aromatic rings. The monoisotopic (exact) mass is 822 g/mol. The van der Waals surface area contributed by atoms with Crippen LogP contribution in [0.15, 0.2) is 182 Å². The summed E-state index contributed by atoms with van der Waals surface area (Å²) in [7, 11) is 0. The average molecular weight is 822 g/mol. The van der Waals surface area contributed by atoms with Gasteiger partial charge in [-0.15, -0.1) is 72.8 Å². The van der Waals surface area contributed by atoms with Gasteiger partial charge in [0.05, 0.1) is 34.7 Å². The molecule has 0 amide bonds. The van der Waals surface area contributed by atoms with Gasteiger partial charge in [-0.1, -0.05) is 162 Å². The van der Waals surface area contributed by atoms with Crippen LogP contribution in [-0.2, 0) is 0 Å². The number of hydrogen-bond donors (Lipinski definition) is 0. The Hall–Kier alpha value is -5.47. The Morgan fingerprint density at radius 1 is 0.231 bits per heavy atom. The Bertz CT molecular complexity index is 1640. The van der Waals surface area contributed by atoms with Gasteiger partial charge >= 0.3 is 49.4 Å². The Balaban J connectivity index is 0.000000208. The first-order valence-corrected chi connectivity index (χ1v) is 15.9. The summed E-state index contributed by atoms with van der Waals surface area (Å²) in [5, 5.41) is 0. The fourth-order valence-electron chi connectivity index (χ4n) is 4.47. The van der Waals surface area contributed by atoms with Crippen LogP contribution in [0.5, 0.6) is 0 Å². The van der Waals surface area contributed by atoms with Crippen molar-refractivity contribution in [3.63, 3.8) is 0 Å². The standard InChI is InChI=1S/3C15H11O2.Eu/c3*16-14(12-7-3-1-4-8-12)11-15(17)13-9-5-2-6-10-13;/h3*1-11H;/q3*-1;+3. The van der Waals surface area contributed by atoms with E-state index in [9.17, 15) is 28.8 Å². The van der Waals surface area contributed by atoms with Crippen LogP contribution < -0.4 is 0 Å². The molecule has 0 radical (unpaired) electrons. The maximum atomic E-state index is 11.8. The fraction of sp³-hybridized carbons (Fsp3) is 0. The van der Waals surface area contributed by atoms with E-state index in [0.717, 1.165) is 19.3 Å². The summed E-state index contributed by atoms with van der Waals surface area (Å²) >= 11 is 0. The molecule has 7 heteroatoms. The van der Waals surface area contributed by atoms with E-state index < -0.39 is 0 Å². The Morgan fingerprint density at radius 2 is 0.346 bits per heavy atom. The molecule has 0 aliphatic rings. The van der Waals surface area contributed by atoms with Crippen LogP contribution in [-0.4, -0.2) is 34.7 Å². The van der Waals surface area contributed by atoms with Crippen LogP contribution in [0.3, 0.4) is 0 Å². The molecule has 0 spiro atoms. The van der Waals surface area contributed by atoms with E-state index in [-0.39, 0.29) is 84.1 Å². The Morgan fingerprint density at radius 3 is 0.462 bits per heavy atom. The second-order valence-corrected chi connectivity index (χ2v) is 10.8. The van der Waals surface area contributed by atoms with Crippen LogP contribution in [0.2, 0.25) is 0 Å². The summed E-state index contributed by atoms with van der Waals surface area (Å²) < 4.78 is 0. The van der Waals surface area contributed by atoms with E-state index >= 15 is 0 Å². The molecule has 0 unspecified atom stereocenters. The third kappa shape index (κ3) is 13.7. The first-order chi connectivity index (χ1) is 24.8. The van der Waals surface area contributed by atoms with Gasteiger partial charge in [-0.05, 0) is 0 Å². The molecule has 6 aromatic carbocycles. The third-order valence-corrected chi connectivity index (χ3v) is 7.14. The summed E-state index contributed by atoms with van der Waals surface area (Å²) in [4.78, 5) is 70.5. The van der Waals surface area contributed by atoms with Gasteiger partial charge in [-0.2, -0.15) is 0 Å². The maximum absolute atomic E-state index is 11.8. The zero-order valence-electron chi connectivity index (χ0n) is 27.9. The van der Waals surface area contributed by atoms with E-state index in [1.165, 1.54) is 0 Å². The molecular formula is C45H33EuO6. The SMILES string of the molecule is O=C([CH-]C(=O)c1ccccc1)c1ccccc1.O=C([CH-]C(=O)c1ccccc1)c1ccccc1.O=C([CH-]C(=O)c1ccccc1)c1ccccc1.[Eu+3]. The molecule has 0 aromatic heterocycles. The van der Waals surface area contributed by atoms with Crippen LogP contribution in [0.4, 0.5) is 0 Å². The molecule has 0 heterocycles. The van der Waals surface area contributed by atoms with Crippen LogP contribution >= 0.6 is 0 Å². The molecule has 0 atom stereocenters. The van der Waals surface area contributed by atoms with E-state index in [1.807, 2.05) is 36.4 Å². The molecule has 6 nitrogen and oxygen atoms in total. The van der Waals surface area contributed by atoms with Gasteiger partial charge in [-0.3, -0.25) is 0 Å². The Kier molecular flexibility index (Phi) is 17.6. The molecule has 0 saturated carbocycles. The van der Waals surface area contributed by atoms with Gasteiger partial charge in [0.2, 0.25) is 0 Å². The largest absolute Gasteiger partial charge is 3.00 e. The van der Waals surface area contributed by atoms with Crippen molar-refractivity contribution in [2.75, 3.05) is 0 Å². The number of carbonyl (C=O) groups is 6. The molecule has 0 aliphatic heterocycles. The quantitative estimate of drug-likeness (QED) is 0.0695. The predicted octanol–water partition coefficient (Wildman–Crippen LogP) is 8.87. The molecule has 0 fully saturated rings. The molecule has 0 aliphatic carbocycles. The minimum Gasteiger partial charge on any atom is -0.318 e. The molecule has 256 valence electrons. The van der Waals surface area contributed by atoms with Gasteiger partial charge in [0.25, 0.3) is 0 Å². The average Bonchev–Trinajstić information content (AvgIpc) is 3.20. The van der Waals surface area contributed by atoms with Crippen LogP contribution in [0, 0.1) is 68.6 Å². The summed E-state index contributed by atoms with van der Waals surface area (Å²) in [5.41, 5.74) is 3.15. The third-order valence-electron chi connectivity index (χ3n) is 7.14. The van der Waals surface area contributed by atoms with Gasteiger partial charge in [0.1, 0.15) is 0 Å². The summed E-state index contributed by atoms with van der Waals surface area (Å²) in [5.74, 6) is -1.59. The summed E-state index contributed by atoms with van der Waals surface area (Å²) in [6.45, 7) is 0. The molecule has 0 N–H and O–H groups in total. The van der Waals surface area contributed by atoms with Crippen molar-refractivity contribution >= 4 is 34.7 Å². The van der Waals surface area contributed by atoms with Gasteiger partial charge in [0, 0.05) is 0 Å². The van der Waals surface area contributed by atoms with Crippen molar-refractivity contribution in [2.45, 2.75) is 0 Å². The first kappa shape index (κ1) is 41.0. The van der Waals surface area contributed by atoms with E-state index in [0.29, 0.717) is 33.4 Å². The number of Topliss-reactive ketones (excluding diaryl/α,β-unsaturated/α-hetero) is 6. The normalized spacial score (nSPS) is 9.46. The van der Waals surface area contributed by atoms with Crippen LogP contribution in [0.25, 0.3) is 0 Å². The van der Waals surface area contributed by atoms with Crippen molar-refractivity contribution in [2.24, 2.45) is 0 Å². The number of rotatable bonds is 12. The molecule has 0 saturated heterocycles. The molecule has 6 rings (SSSR count). The topological polar surface area (TPSA) is 102 Å². The smallest absolute Gasteiger partial charge is 0.318 e. The van der Waals surface area contributed by atoms with Crippen molar-refractivity contribution in [3.8, 4) is 0 Å². The molecule has 52 heavy (non-hydrogen) atoms. The number of hydrogen-bond acceptors (Lipinski definition) is 6. The van der Waals surface area contributed by atoms with E-state index in [1.54, 1.807) is 146 Å². The number of carbonyl (C=O) groups excluding carboxylic acids is 6. The molecular weight excluding hydrogens is 788 g/mol. The summed E-state index contributed by atoms with van der Waals surface area (Å²) in [6, 6.07) is 52.5. The second kappa shape index (κ2) is 22.4. The van der Waals surface area contributed by atoms with Crippen molar-refractivity contribution < 1.29 is 78.1 Å². The zero-order chi connectivity index (χ0) is 36.3. The van der Waals surface area contributed by atoms with Crippen molar-refractivity contribution in [1.29, 1.82) is 0 Å². The van der Waals surface area contributed by atoms with E-state index in [2.05, 4.69) is 0 Å². The number of benzene rings is 6.